The molecule has 24 heavy (non-hydrogen) atoms. The molecule has 1 aromatic heterocycles. The van der Waals surface area contributed by atoms with Crippen molar-refractivity contribution in [2.24, 2.45) is 17.8 Å². The number of carbonyl (C=O) groups is 2. The third-order valence-corrected chi connectivity index (χ3v) is 5.32. The molecule has 2 N–H and O–H groups in total. The number of aryl methyl sites for hydroxylation is 2. The van der Waals surface area contributed by atoms with Gasteiger partial charge in [-0.05, 0) is 19.1 Å². The number of likely N-dealkylation sites (tertiary alicyclic amines) is 1. The fraction of sp³-hybridized carbons (Fsp3) is 0.375. The number of hydrogen-bond acceptors (Lipinski definition) is 4. The van der Waals surface area contributed by atoms with Crippen molar-refractivity contribution in [3.63, 3.8) is 0 Å². The summed E-state index contributed by atoms with van der Waals surface area (Å²) < 4.78 is 1.43. The maximum Gasteiger partial charge on any atom is 0.451 e. The fourth-order valence-electron chi connectivity index (χ4n) is 3.35. The van der Waals surface area contributed by atoms with Gasteiger partial charge in [-0.1, -0.05) is 29.5 Å². The van der Waals surface area contributed by atoms with Crippen LogP contribution in [0.2, 0.25) is 0 Å². The highest BCUT2D eigenvalue weighted by Crippen LogP contribution is 2.35. The van der Waals surface area contributed by atoms with Gasteiger partial charge in [-0.3, -0.25) is 4.79 Å². The van der Waals surface area contributed by atoms with Crippen LogP contribution in [0, 0.1) is 6.92 Å². The molecule has 1 aliphatic rings. The smallest absolute Gasteiger partial charge is 0.364 e. The summed E-state index contributed by atoms with van der Waals surface area (Å²) in [6.07, 6.45) is 1.33. The van der Waals surface area contributed by atoms with E-state index >= 15 is 0 Å². The predicted molar refractivity (Wildman–Crippen MR) is 92.1 cm³/mol. The summed E-state index contributed by atoms with van der Waals surface area (Å²) in [6.45, 7) is 2.37. The lowest BCUT2D eigenvalue weighted by molar-refractivity contribution is -0.121. The molecule has 2 heterocycles. The van der Waals surface area contributed by atoms with E-state index in [1.165, 1.54) is 11.3 Å². The number of rotatable bonds is 2. The van der Waals surface area contributed by atoms with Crippen LogP contribution in [-0.4, -0.2) is 34.3 Å². The zero-order valence-electron chi connectivity index (χ0n) is 13.7. The van der Waals surface area contributed by atoms with Crippen molar-refractivity contribution in [2.45, 2.75) is 25.8 Å². The van der Waals surface area contributed by atoms with E-state index in [1.54, 1.807) is 11.7 Å². The van der Waals surface area contributed by atoms with Gasteiger partial charge in [0, 0.05) is 19.9 Å². The summed E-state index contributed by atoms with van der Waals surface area (Å²) >= 11 is 1.34. The molecule has 0 bridgehead atoms. The molecule has 2 atom stereocenters. The van der Waals surface area contributed by atoms with Crippen molar-refractivity contribution in [1.29, 1.82) is 0 Å². The van der Waals surface area contributed by atoms with Crippen LogP contribution in [0.5, 0.6) is 0 Å². The van der Waals surface area contributed by atoms with E-state index in [9.17, 15) is 9.59 Å². The van der Waals surface area contributed by atoms with E-state index in [2.05, 4.69) is 10.1 Å². The molecule has 0 spiro atoms. The van der Waals surface area contributed by atoms with Gasteiger partial charge < -0.3 is 5.73 Å². The molecule has 3 amide bonds. The Morgan fingerprint density at radius 2 is 2.08 bits per heavy atom. The molecule has 1 fully saturated rings. The minimum absolute atomic E-state index is 0.146. The summed E-state index contributed by atoms with van der Waals surface area (Å²) in [6, 6.07) is 8.33. The zero-order chi connectivity index (χ0) is 17.3. The first-order valence-corrected chi connectivity index (χ1v) is 8.59. The number of primary amides is 1. The Balaban J connectivity index is 2.16. The number of nitrogens with zero attached hydrogens (tertiary/aromatic N) is 4. The van der Waals surface area contributed by atoms with E-state index in [4.69, 9.17) is 5.73 Å². The maximum atomic E-state index is 13.2. The van der Waals surface area contributed by atoms with E-state index in [-0.39, 0.29) is 10.5 Å². The molecule has 1 aliphatic heterocycles. The molecule has 8 heteroatoms. The lowest BCUT2D eigenvalue weighted by Crippen LogP contribution is -2.61. The molecule has 0 saturated carbocycles. The predicted octanol–water partition coefficient (Wildman–Crippen LogP) is 1.47. The van der Waals surface area contributed by atoms with Gasteiger partial charge in [0.1, 0.15) is 10.7 Å². The number of amides is 3. The van der Waals surface area contributed by atoms with Crippen LogP contribution >= 0.6 is 11.3 Å². The molecule has 7 nitrogen and oxygen atoms in total. The van der Waals surface area contributed by atoms with Gasteiger partial charge in [0.15, 0.2) is 6.04 Å². The Morgan fingerprint density at radius 3 is 2.67 bits per heavy atom. The van der Waals surface area contributed by atoms with Gasteiger partial charge >= 0.3 is 6.03 Å². The second-order valence-corrected chi connectivity index (χ2v) is 7.07. The first-order valence-electron chi connectivity index (χ1n) is 7.78. The van der Waals surface area contributed by atoms with Crippen molar-refractivity contribution < 1.29 is 9.59 Å². The number of hydrogen-bond donors (Lipinski definition) is 1. The van der Waals surface area contributed by atoms with Gasteiger partial charge in [-0.15, -0.1) is 4.99 Å². The first-order chi connectivity index (χ1) is 11.4. The number of quaternary nitrogens is 1. The van der Waals surface area contributed by atoms with Crippen LogP contribution in [0.3, 0.4) is 0 Å². The number of carbonyl (C=O) groups excluding carboxylic acids is 2. The summed E-state index contributed by atoms with van der Waals surface area (Å²) in [5.74, 6) is -0.468. The normalized spacial score (nSPS) is 24.2. The molecule has 2 aromatic rings. The molecule has 0 radical (unpaired) electrons. The molecule has 0 aliphatic carbocycles. The molecule has 1 aromatic carbocycles. The maximum absolute atomic E-state index is 13.2. The zero-order valence-corrected chi connectivity index (χ0v) is 14.5. The second kappa shape index (κ2) is 6.29. The highest BCUT2D eigenvalue weighted by molar-refractivity contribution is 7.08. The summed E-state index contributed by atoms with van der Waals surface area (Å²) in [4.78, 5) is 30.0. The lowest BCUT2D eigenvalue weighted by atomic mass is 10.1. The highest BCUT2D eigenvalue weighted by Gasteiger charge is 2.53. The Bertz CT molecular complexity index is 842. The molecule has 1 saturated heterocycles. The van der Waals surface area contributed by atoms with Crippen molar-refractivity contribution >= 4 is 29.0 Å². The van der Waals surface area contributed by atoms with Crippen LogP contribution in [-0.2, 0) is 11.8 Å². The van der Waals surface area contributed by atoms with E-state index in [0.717, 1.165) is 17.1 Å². The number of nitrogens with two attached hydrogens (primary N) is 1. The third kappa shape index (κ3) is 2.67. The first kappa shape index (κ1) is 16.5. The van der Waals surface area contributed by atoms with Crippen LogP contribution in [0.25, 0.3) is 0 Å². The second-order valence-electron chi connectivity index (χ2n) is 5.91. The minimum atomic E-state index is -0.594. The summed E-state index contributed by atoms with van der Waals surface area (Å²) in [7, 11) is 1.75. The average Bonchev–Trinajstić information content (AvgIpc) is 3.13. The Hall–Kier alpha value is -2.32. The molecule has 126 valence electrons. The van der Waals surface area contributed by atoms with Crippen LogP contribution in [0.4, 0.5) is 10.5 Å². The van der Waals surface area contributed by atoms with Gasteiger partial charge in [0.25, 0.3) is 5.91 Å². The monoisotopic (exact) mass is 346 g/mol. The molecule has 2 unspecified atom stereocenters. The van der Waals surface area contributed by atoms with Gasteiger partial charge in [-0.25, -0.2) is 9.48 Å². The van der Waals surface area contributed by atoms with E-state index in [0.29, 0.717) is 17.8 Å². The van der Waals surface area contributed by atoms with Gasteiger partial charge in [0.05, 0.1) is 6.54 Å². The third-order valence-electron chi connectivity index (χ3n) is 4.41. The Morgan fingerprint density at radius 1 is 1.38 bits per heavy atom. The number of benzene rings is 1. The Kier molecular flexibility index (Phi) is 4.33. The highest BCUT2D eigenvalue weighted by atomic mass is 32.1. The van der Waals surface area contributed by atoms with Crippen molar-refractivity contribution in [3.05, 3.63) is 40.1 Å². The van der Waals surface area contributed by atoms with Gasteiger partial charge in [0.2, 0.25) is 4.80 Å². The lowest BCUT2D eigenvalue weighted by Gasteiger charge is -2.33. The topological polar surface area (TPSA) is 90.3 Å². The molecular formula is C16H20N5O2S+. The van der Waals surface area contributed by atoms with Crippen molar-refractivity contribution in [1.82, 2.24) is 14.3 Å². The standard InChI is InChI=1S/C16H19N5O2S/c1-11-19-20(2)15(24-11)18-16(23)21(12-7-4-3-5-8-12)10-6-9-13(21)14(17)22/h3-5,7-8,13H,6,9-10H2,1-2H3,(H-,17,22)/p+1. The SMILES string of the molecule is Cc1nn(C)c(=NC(=O)[N+]2(c3ccccc3)CCCC2C(N)=O)s1. The van der Waals surface area contributed by atoms with Crippen LogP contribution in [0.15, 0.2) is 35.3 Å². The Labute approximate surface area is 143 Å². The number of urea groups is 1. The molecular weight excluding hydrogens is 326 g/mol. The average molecular weight is 346 g/mol. The number of aromatic nitrogens is 2. The fourth-order valence-corrected chi connectivity index (χ4v) is 4.08. The summed E-state index contributed by atoms with van der Waals surface area (Å²) in [5, 5.41) is 5.05. The van der Waals surface area contributed by atoms with Crippen molar-refractivity contribution in [3.8, 4) is 0 Å². The van der Waals surface area contributed by atoms with Gasteiger partial charge in [-0.2, -0.15) is 9.58 Å². The quantitative estimate of drug-likeness (QED) is 0.835. The molecule has 3 rings (SSSR count). The number of para-hydroxylation sites is 1. The largest absolute Gasteiger partial charge is 0.451 e. The minimum Gasteiger partial charge on any atom is -0.364 e. The van der Waals surface area contributed by atoms with Crippen LogP contribution < -0.4 is 15.0 Å². The van der Waals surface area contributed by atoms with E-state index < -0.39 is 11.9 Å². The van der Waals surface area contributed by atoms with Crippen LogP contribution in [0.1, 0.15) is 17.8 Å². The van der Waals surface area contributed by atoms with Crippen molar-refractivity contribution in [2.75, 3.05) is 6.54 Å². The summed E-state index contributed by atoms with van der Waals surface area (Å²) in [5.41, 5.74) is 6.36. The van der Waals surface area contributed by atoms with E-state index in [1.807, 2.05) is 37.3 Å².